The zero-order chi connectivity index (χ0) is 29.9. The Morgan fingerprint density at radius 1 is 0.953 bits per heavy atom. The molecular formula is C32H34N6O5. The van der Waals surface area contributed by atoms with Gasteiger partial charge in [-0.1, -0.05) is 78.9 Å². The largest absolute Gasteiger partial charge is 0.394 e. The van der Waals surface area contributed by atoms with Crippen molar-refractivity contribution < 1.29 is 24.2 Å². The van der Waals surface area contributed by atoms with Gasteiger partial charge in [0.25, 0.3) is 5.91 Å². The van der Waals surface area contributed by atoms with Gasteiger partial charge in [0.05, 0.1) is 35.6 Å². The van der Waals surface area contributed by atoms with Crippen molar-refractivity contribution in [2.24, 2.45) is 11.8 Å². The summed E-state index contributed by atoms with van der Waals surface area (Å²) in [5.41, 5.74) is -0.313. The van der Waals surface area contributed by atoms with Gasteiger partial charge >= 0.3 is 0 Å². The number of carbonyl (C=O) groups is 3. The lowest BCUT2D eigenvalue weighted by Gasteiger charge is -2.40. The number of nitrogens with zero attached hydrogens (tertiary/aromatic N) is 6. The van der Waals surface area contributed by atoms with Crippen LogP contribution in [-0.4, -0.2) is 96.5 Å². The minimum absolute atomic E-state index is 0.0992. The second kappa shape index (κ2) is 10.1. The van der Waals surface area contributed by atoms with E-state index in [1.165, 1.54) is 4.90 Å². The molecule has 0 saturated carbocycles. The summed E-state index contributed by atoms with van der Waals surface area (Å²) in [5, 5.41) is 19.3. The zero-order valence-corrected chi connectivity index (χ0v) is 24.1. The summed E-state index contributed by atoms with van der Waals surface area (Å²) >= 11 is 0. The van der Waals surface area contributed by atoms with Crippen LogP contribution in [-0.2, 0) is 25.8 Å². The van der Waals surface area contributed by atoms with Crippen molar-refractivity contribution in [3.8, 4) is 0 Å². The number of hydrogen-bond donors (Lipinski definition) is 1. The lowest BCUT2D eigenvalue weighted by molar-refractivity contribution is -0.158. The molecule has 3 aromatic rings. The Bertz CT molecular complexity index is 1650. The van der Waals surface area contributed by atoms with Crippen LogP contribution in [0.3, 0.4) is 0 Å². The van der Waals surface area contributed by atoms with Crippen molar-refractivity contribution in [2.45, 2.75) is 43.3 Å². The van der Waals surface area contributed by atoms with Gasteiger partial charge in [-0.2, -0.15) is 0 Å². The first-order valence-electron chi connectivity index (χ1n) is 14.7. The van der Waals surface area contributed by atoms with E-state index in [1.807, 2.05) is 85.8 Å². The van der Waals surface area contributed by atoms with Crippen LogP contribution >= 0.6 is 0 Å². The van der Waals surface area contributed by atoms with Crippen LogP contribution in [0.1, 0.15) is 24.9 Å². The molecule has 11 nitrogen and oxygen atoms in total. The minimum Gasteiger partial charge on any atom is -0.394 e. The molecule has 0 radical (unpaired) electrons. The highest BCUT2D eigenvalue weighted by molar-refractivity contribution is 6.00. The fourth-order valence-corrected chi connectivity index (χ4v) is 7.54. The number of likely N-dealkylation sites (N-methyl/N-ethyl adjacent to an activating group) is 1. The molecule has 1 spiro atoms. The van der Waals surface area contributed by atoms with Crippen molar-refractivity contribution >= 4 is 28.8 Å². The predicted molar refractivity (Wildman–Crippen MR) is 156 cm³/mol. The number of hydrogen-bond acceptors (Lipinski definition) is 7. The number of aliphatic hydroxyl groups excluding tert-OH is 1. The van der Waals surface area contributed by atoms with Crippen molar-refractivity contribution in [3.63, 3.8) is 0 Å². The molecule has 7 rings (SSSR count). The van der Waals surface area contributed by atoms with Gasteiger partial charge in [0.2, 0.25) is 11.8 Å². The van der Waals surface area contributed by atoms with Crippen molar-refractivity contribution in [2.75, 3.05) is 26.7 Å². The van der Waals surface area contributed by atoms with Gasteiger partial charge in [-0.05, 0) is 24.1 Å². The molecule has 6 atom stereocenters. The van der Waals surface area contributed by atoms with Crippen LogP contribution in [0, 0.1) is 11.8 Å². The fraction of sp³-hybridized carbons (Fsp3) is 0.406. The number of aromatic nitrogens is 3. The molecule has 1 aromatic heterocycles. The van der Waals surface area contributed by atoms with Crippen LogP contribution in [0.5, 0.6) is 0 Å². The molecule has 11 heteroatoms. The van der Waals surface area contributed by atoms with Crippen molar-refractivity contribution in [3.05, 3.63) is 84.5 Å². The maximum Gasteiger partial charge on any atom is 0.250 e. The summed E-state index contributed by atoms with van der Waals surface area (Å²) in [6.07, 6.45) is 7.93. The number of benzene rings is 2. The molecule has 3 amide bonds. The monoisotopic (exact) mass is 582 g/mol. The lowest BCUT2D eigenvalue weighted by atomic mass is 9.73. The Balaban J connectivity index is 1.38. The van der Waals surface area contributed by atoms with Gasteiger partial charge < -0.3 is 24.5 Å². The highest BCUT2D eigenvalue weighted by Crippen LogP contribution is 2.59. The zero-order valence-electron chi connectivity index (χ0n) is 24.1. The summed E-state index contributed by atoms with van der Waals surface area (Å²) in [4.78, 5) is 48.3. The van der Waals surface area contributed by atoms with Gasteiger partial charge in [-0.3, -0.25) is 14.4 Å². The first-order chi connectivity index (χ1) is 20.8. The second-order valence-electron chi connectivity index (χ2n) is 11.8. The third-order valence-electron chi connectivity index (χ3n) is 9.58. The summed E-state index contributed by atoms with van der Waals surface area (Å²) in [5.74, 6) is -2.71. The first-order valence-corrected chi connectivity index (χ1v) is 14.7. The molecule has 0 aliphatic carbocycles. The van der Waals surface area contributed by atoms with Gasteiger partial charge in [-0.25, -0.2) is 4.68 Å². The number of fused-ring (bicyclic) bond motifs is 3. The molecular weight excluding hydrogens is 548 g/mol. The highest BCUT2D eigenvalue weighted by Gasteiger charge is 2.75. The molecule has 5 heterocycles. The van der Waals surface area contributed by atoms with Gasteiger partial charge in [-0.15, -0.1) is 5.10 Å². The number of aliphatic hydroxyl groups is 1. The van der Waals surface area contributed by atoms with E-state index in [2.05, 4.69) is 10.3 Å². The SMILES string of the molecule is CC[C@@]12C=CCN(C)C(=O)[C@@H]1[C@H]1C(=O)N([C@H](CO)c3ccccc3)C3C(=O)N(Cn4nnc5ccccc54)CC=C[C@@]31O2. The summed E-state index contributed by atoms with van der Waals surface area (Å²) in [6, 6.07) is 14.7. The average Bonchev–Trinajstić information content (AvgIpc) is 3.57. The van der Waals surface area contributed by atoms with E-state index in [4.69, 9.17) is 4.74 Å². The van der Waals surface area contributed by atoms with E-state index < -0.39 is 41.7 Å². The third kappa shape index (κ3) is 3.91. The predicted octanol–water partition coefficient (Wildman–Crippen LogP) is 1.91. The Labute approximate surface area is 249 Å². The second-order valence-corrected chi connectivity index (χ2v) is 11.8. The molecule has 0 bridgehead atoms. The molecule has 222 valence electrons. The summed E-state index contributed by atoms with van der Waals surface area (Å²) in [6.45, 7) is 2.28. The lowest BCUT2D eigenvalue weighted by Crippen LogP contribution is -2.57. The Morgan fingerprint density at radius 3 is 2.47 bits per heavy atom. The quantitative estimate of drug-likeness (QED) is 0.441. The van der Waals surface area contributed by atoms with Gasteiger partial charge in [0.1, 0.15) is 23.8 Å². The molecule has 2 fully saturated rings. The number of para-hydroxylation sites is 1. The van der Waals surface area contributed by atoms with E-state index in [0.717, 1.165) is 5.52 Å². The first kappa shape index (κ1) is 27.5. The standard InChI is InChI=1S/C32H34N6O5/c1-3-31-15-9-17-35(2)28(40)25(31)26-29(41)38(24(19-39)21-11-5-4-6-12-21)27-30(42)36(18-10-16-32(26,27)43-31)20-37-23-14-8-7-13-22(23)33-34-37/h4-16,24-27,39H,3,17-20H2,1-2H3/t24-,25+,26+,27?,31-,32+/m1/s1. The number of ether oxygens (including phenoxy) is 1. The minimum atomic E-state index is -1.42. The topological polar surface area (TPSA) is 121 Å². The van der Waals surface area contributed by atoms with Crippen LogP contribution in [0.15, 0.2) is 78.9 Å². The van der Waals surface area contributed by atoms with E-state index in [9.17, 15) is 19.5 Å². The molecule has 4 aliphatic heterocycles. The van der Waals surface area contributed by atoms with Crippen LogP contribution in [0.2, 0.25) is 0 Å². The maximum atomic E-state index is 14.8. The Morgan fingerprint density at radius 2 is 1.70 bits per heavy atom. The van der Waals surface area contributed by atoms with Crippen molar-refractivity contribution in [1.29, 1.82) is 0 Å². The van der Waals surface area contributed by atoms with E-state index in [0.29, 0.717) is 24.0 Å². The maximum absolute atomic E-state index is 14.8. The molecule has 2 aromatic carbocycles. The normalized spacial score (nSPS) is 30.8. The third-order valence-corrected chi connectivity index (χ3v) is 9.58. The Hall–Kier alpha value is -4.35. The number of rotatable bonds is 6. The van der Waals surface area contributed by atoms with Gasteiger partial charge in [0, 0.05) is 20.1 Å². The van der Waals surface area contributed by atoms with E-state index >= 15 is 0 Å². The molecule has 43 heavy (non-hydrogen) atoms. The number of likely N-dealkylation sites (tertiary alicyclic amines) is 1. The number of carbonyl (C=O) groups excluding carboxylic acids is 3. The Kier molecular flexibility index (Phi) is 6.48. The average molecular weight is 583 g/mol. The summed E-state index contributed by atoms with van der Waals surface area (Å²) < 4.78 is 8.66. The fourth-order valence-electron chi connectivity index (χ4n) is 7.54. The van der Waals surface area contributed by atoms with E-state index in [1.54, 1.807) is 21.5 Å². The smallest absolute Gasteiger partial charge is 0.250 e. The molecule has 2 saturated heterocycles. The van der Waals surface area contributed by atoms with Crippen LogP contribution in [0.25, 0.3) is 11.0 Å². The van der Waals surface area contributed by atoms with Crippen LogP contribution in [0.4, 0.5) is 0 Å². The van der Waals surface area contributed by atoms with Crippen LogP contribution < -0.4 is 0 Å². The molecule has 1 unspecified atom stereocenters. The van der Waals surface area contributed by atoms with E-state index in [-0.39, 0.29) is 30.9 Å². The highest BCUT2D eigenvalue weighted by atomic mass is 16.5. The van der Waals surface area contributed by atoms with Crippen molar-refractivity contribution in [1.82, 2.24) is 29.7 Å². The van der Waals surface area contributed by atoms with Gasteiger partial charge in [0.15, 0.2) is 0 Å². The molecule has 4 aliphatic rings. The summed E-state index contributed by atoms with van der Waals surface area (Å²) in [7, 11) is 1.72. The molecule has 1 N–H and O–H groups in total. The number of amides is 3.